The predicted octanol–water partition coefficient (Wildman–Crippen LogP) is 4.50. The van der Waals surface area contributed by atoms with E-state index in [-0.39, 0.29) is 6.10 Å². The van der Waals surface area contributed by atoms with Gasteiger partial charge in [-0.25, -0.2) is 4.79 Å². The Morgan fingerprint density at radius 2 is 1.60 bits per heavy atom. The van der Waals surface area contributed by atoms with Gasteiger partial charge in [-0.2, -0.15) is 0 Å². The molecule has 7 atom stereocenters. The molecule has 1 aliphatic carbocycles. The first-order chi connectivity index (χ1) is 16.2. The average Bonchev–Trinajstić information content (AvgIpc) is 3.65. The highest BCUT2D eigenvalue weighted by molar-refractivity contribution is 5.87. The van der Waals surface area contributed by atoms with E-state index in [1.165, 1.54) is 6.92 Å². The topological polar surface area (TPSA) is 96.1 Å². The molecule has 7 unspecified atom stereocenters. The molecule has 1 saturated carbocycles. The van der Waals surface area contributed by atoms with Crippen molar-refractivity contribution in [3.8, 4) is 0 Å². The number of esters is 2. The highest BCUT2D eigenvalue weighted by Gasteiger charge is 2.68. The third-order valence-corrected chi connectivity index (χ3v) is 7.07. The molecule has 8 heteroatoms. The lowest BCUT2D eigenvalue weighted by atomic mass is 9.74. The molecule has 8 nitrogen and oxygen atoms in total. The maximum absolute atomic E-state index is 12.6. The molecule has 0 aromatic carbocycles. The van der Waals surface area contributed by atoms with Gasteiger partial charge in [0.15, 0.2) is 12.4 Å². The van der Waals surface area contributed by atoms with E-state index in [2.05, 4.69) is 13.2 Å². The van der Waals surface area contributed by atoms with Crippen LogP contribution in [0.3, 0.4) is 0 Å². The Balaban J connectivity index is 1.91. The van der Waals surface area contributed by atoms with Crippen molar-refractivity contribution < 1.29 is 38.0 Å². The Morgan fingerprint density at radius 3 is 2.11 bits per heavy atom. The van der Waals surface area contributed by atoms with Crippen molar-refractivity contribution in [2.75, 3.05) is 0 Å². The lowest BCUT2D eigenvalue weighted by molar-refractivity contribution is -0.182. The van der Waals surface area contributed by atoms with Crippen LogP contribution >= 0.6 is 0 Å². The van der Waals surface area contributed by atoms with E-state index in [1.54, 1.807) is 19.9 Å². The SMILES string of the molecule is C=C(OC1C(OC(C)=O)C(C(=C)C(OC(=O)C(C)=CC)OC2OC2(C)C)CC2OC21C)C(C)=CC. The van der Waals surface area contributed by atoms with Crippen molar-refractivity contribution in [2.45, 2.75) is 104 Å². The summed E-state index contributed by atoms with van der Waals surface area (Å²) in [5.74, 6) is -1.00. The molecule has 3 rings (SSSR count). The van der Waals surface area contributed by atoms with Gasteiger partial charge in [-0.05, 0) is 66.0 Å². The summed E-state index contributed by atoms with van der Waals surface area (Å²) in [4.78, 5) is 24.8. The molecular formula is C27H38O8. The van der Waals surface area contributed by atoms with Gasteiger partial charge < -0.3 is 28.4 Å². The number of epoxide rings is 2. The second-order valence-electron chi connectivity index (χ2n) is 10.1. The van der Waals surface area contributed by atoms with Gasteiger partial charge in [0, 0.05) is 18.4 Å². The van der Waals surface area contributed by atoms with Crippen LogP contribution in [-0.2, 0) is 38.0 Å². The molecule has 2 heterocycles. The van der Waals surface area contributed by atoms with Gasteiger partial charge in [-0.3, -0.25) is 4.79 Å². The van der Waals surface area contributed by atoms with Crippen LogP contribution in [0, 0.1) is 5.92 Å². The number of carbonyl (C=O) groups excluding carboxylic acids is 2. The van der Waals surface area contributed by atoms with Crippen molar-refractivity contribution in [3.63, 3.8) is 0 Å². The molecule has 3 fully saturated rings. The monoisotopic (exact) mass is 490 g/mol. The van der Waals surface area contributed by atoms with E-state index in [0.717, 1.165) is 5.57 Å². The summed E-state index contributed by atoms with van der Waals surface area (Å²) in [5.41, 5.74) is 0.579. The quantitative estimate of drug-likeness (QED) is 0.0840. The summed E-state index contributed by atoms with van der Waals surface area (Å²) in [5, 5.41) is 0. The third kappa shape index (κ3) is 5.71. The molecule has 35 heavy (non-hydrogen) atoms. The molecule has 194 valence electrons. The van der Waals surface area contributed by atoms with Gasteiger partial charge in [0.05, 0.1) is 6.10 Å². The molecule has 3 aliphatic rings. The van der Waals surface area contributed by atoms with Crippen LogP contribution < -0.4 is 0 Å². The lowest BCUT2D eigenvalue weighted by Gasteiger charge is -2.40. The number of fused-ring (bicyclic) bond motifs is 1. The van der Waals surface area contributed by atoms with Gasteiger partial charge in [0.1, 0.15) is 23.1 Å². The van der Waals surface area contributed by atoms with E-state index < -0.39 is 53.8 Å². The molecule has 0 N–H and O–H groups in total. The molecule has 0 amide bonds. The van der Waals surface area contributed by atoms with Crippen LogP contribution in [0.25, 0.3) is 0 Å². The molecule has 2 aliphatic heterocycles. The second-order valence-corrected chi connectivity index (χ2v) is 10.1. The summed E-state index contributed by atoms with van der Waals surface area (Å²) >= 11 is 0. The van der Waals surface area contributed by atoms with Crippen molar-refractivity contribution in [1.82, 2.24) is 0 Å². The first kappa shape index (κ1) is 27.2. The average molecular weight is 491 g/mol. The van der Waals surface area contributed by atoms with Crippen LogP contribution in [0.5, 0.6) is 0 Å². The zero-order chi connectivity index (χ0) is 26.3. The highest BCUT2D eigenvalue weighted by atomic mass is 16.8. The second kappa shape index (κ2) is 9.91. The van der Waals surface area contributed by atoms with E-state index in [9.17, 15) is 9.59 Å². The summed E-state index contributed by atoms with van der Waals surface area (Å²) in [6.45, 7) is 22.5. The summed E-state index contributed by atoms with van der Waals surface area (Å²) in [7, 11) is 0. The summed E-state index contributed by atoms with van der Waals surface area (Å²) in [6, 6.07) is 0. The summed E-state index contributed by atoms with van der Waals surface area (Å²) < 4.78 is 35.4. The minimum atomic E-state index is -1.11. The first-order valence-electron chi connectivity index (χ1n) is 11.9. The van der Waals surface area contributed by atoms with E-state index in [0.29, 0.717) is 23.3 Å². The van der Waals surface area contributed by atoms with Gasteiger partial charge in [-0.15, -0.1) is 0 Å². The zero-order valence-electron chi connectivity index (χ0n) is 22.0. The highest BCUT2D eigenvalue weighted by Crippen LogP contribution is 2.54. The fourth-order valence-electron chi connectivity index (χ4n) is 4.22. The van der Waals surface area contributed by atoms with Gasteiger partial charge in [0.2, 0.25) is 6.29 Å². The Labute approximate surface area is 207 Å². The first-order valence-corrected chi connectivity index (χ1v) is 11.9. The van der Waals surface area contributed by atoms with Crippen LogP contribution in [0.2, 0.25) is 0 Å². The van der Waals surface area contributed by atoms with Gasteiger partial charge in [0.25, 0.3) is 0 Å². The van der Waals surface area contributed by atoms with Crippen molar-refractivity contribution >= 4 is 11.9 Å². The van der Waals surface area contributed by atoms with E-state index in [1.807, 2.05) is 40.7 Å². The number of rotatable bonds is 10. The smallest absolute Gasteiger partial charge is 0.335 e. The van der Waals surface area contributed by atoms with Gasteiger partial charge in [-0.1, -0.05) is 25.3 Å². The van der Waals surface area contributed by atoms with E-state index in [4.69, 9.17) is 28.4 Å². The van der Waals surface area contributed by atoms with Crippen molar-refractivity contribution in [3.05, 3.63) is 47.8 Å². The molecule has 0 radical (unpaired) electrons. The Bertz CT molecular complexity index is 960. The molecule has 0 spiro atoms. The maximum atomic E-state index is 12.6. The Hall–Kier alpha value is -2.42. The number of carbonyl (C=O) groups is 2. The minimum absolute atomic E-state index is 0.151. The number of hydrogen-bond acceptors (Lipinski definition) is 8. The molecule has 0 aromatic heterocycles. The maximum Gasteiger partial charge on any atom is 0.335 e. The number of allylic oxidation sites excluding steroid dienone is 3. The van der Waals surface area contributed by atoms with E-state index >= 15 is 0 Å². The molecular weight excluding hydrogens is 452 g/mol. The number of hydrogen-bond donors (Lipinski definition) is 0. The van der Waals surface area contributed by atoms with Crippen LogP contribution in [-0.4, -0.2) is 54.0 Å². The zero-order valence-corrected chi connectivity index (χ0v) is 22.0. The van der Waals surface area contributed by atoms with Crippen molar-refractivity contribution in [1.29, 1.82) is 0 Å². The van der Waals surface area contributed by atoms with Crippen LogP contribution in [0.15, 0.2) is 47.8 Å². The van der Waals surface area contributed by atoms with Crippen LogP contribution in [0.4, 0.5) is 0 Å². The Morgan fingerprint density at radius 1 is 1.00 bits per heavy atom. The minimum Gasteiger partial charge on any atom is -0.484 e. The fraction of sp³-hybridized carbons (Fsp3) is 0.630. The summed E-state index contributed by atoms with van der Waals surface area (Å²) in [6.07, 6.45) is 0.813. The molecule has 2 saturated heterocycles. The third-order valence-electron chi connectivity index (χ3n) is 7.07. The number of ether oxygens (including phenoxy) is 6. The standard InChI is InChI=1S/C27H38O8/c1-11-14(3)17(6)30-22-21(31-18(7)28)19(13-20-27(22,10)34-20)16(5)24(32-23(29)15(4)12-2)33-25-26(8,9)35-25/h11-12,19-22,24-25H,5-6,13H2,1-4,7-10H3. The largest absolute Gasteiger partial charge is 0.484 e. The van der Waals surface area contributed by atoms with Crippen molar-refractivity contribution in [2.24, 2.45) is 5.92 Å². The predicted molar refractivity (Wildman–Crippen MR) is 129 cm³/mol. The Kier molecular flexibility index (Phi) is 7.70. The molecule has 0 aromatic rings. The van der Waals surface area contributed by atoms with Gasteiger partial charge >= 0.3 is 11.9 Å². The fourth-order valence-corrected chi connectivity index (χ4v) is 4.22. The molecule has 0 bridgehead atoms. The van der Waals surface area contributed by atoms with Crippen LogP contribution in [0.1, 0.15) is 61.8 Å². The lowest BCUT2D eigenvalue weighted by Crippen LogP contribution is -2.53. The normalized spacial score (nSPS) is 34.2.